The van der Waals surface area contributed by atoms with E-state index in [-0.39, 0.29) is 5.56 Å². The highest BCUT2D eigenvalue weighted by Crippen LogP contribution is 2.16. The lowest BCUT2D eigenvalue weighted by Crippen LogP contribution is -2.33. The van der Waals surface area contributed by atoms with Gasteiger partial charge in [-0.2, -0.15) is 5.26 Å². The average Bonchev–Trinajstić information content (AvgIpc) is 2.34. The molecule has 0 aliphatic heterocycles. The topological polar surface area (TPSA) is 96.0 Å². The second-order valence-electron chi connectivity index (χ2n) is 3.52. The Bertz CT molecular complexity index is 525. The van der Waals surface area contributed by atoms with Gasteiger partial charge < -0.3 is 5.32 Å². The van der Waals surface area contributed by atoms with Gasteiger partial charge in [-0.3, -0.25) is 14.9 Å². The summed E-state index contributed by atoms with van der Waals surface area (Å²) < 4.78 is 13.1. The maximum absolute atomic E-state index is 13.1. The van der Waals surface area contributed by atoms with Crippen LogP contribution in [0.4, 0.5) is 10.1 Å². The van der Waals surface area contributed by atoms with E-state index in [1.54, 1.807) is 6.92 Å². The number of amides is 1. The maximum Gasteiger partial charge on any atom is 0.273 e. The van der Waals surface area contributed by atoms with Crippen LogP contribution in [0.5, 0.6) is 0 Å². The molecule has 1 rings (SSSR count). The molecule has 0 aromatic heterocycles. The molecule has 0 aliphatic carbocycles. The molecule has 0 fully saturated rings. The van der Waals surface area contributed by atoms with E-state index in [1.807, 2.05) is 6.07 Å². The largest absolute Gasteiger partial charge is 0.336 e. The van der Waals surface area contributed by atoms with Crippen molar-refractivity contribution < 1.29 is 14.1 Å². The third kappa shape index (κ3) is 3.25. The number of carbonyl (C=O) groups is 1. The molecule has 18 heavy (non-hydrogen) atoms. The van der Waals surface area contributed by atoms with Gasteiger partial charge in [-0.25, -0.2) is 4.39 Å². The van der Waals surface area contributed by atoms with Crippen molar-refractivity contribution in [2.45, 2.75) is 19.4 Å². The van der Waals surface area contributed by atoms with E-state index in [0.29, 0.717) is 6.42 Å². The average molecular weight is 251 g/mol. The Morgan fingerprint density at radius 2 is 2.28 bits per heavy atom. The van der Waals surface area contributed by atoms with E-state index < -0.39 is 28.4 Å². The van der Waals surface area contributed by atoms with Gasteiger partial charge in [0.1, 0.15) is 11.9 Å². The van der Waals surface area contributed by atoms with E-state index >= 15 is 0 Å². The van der Waals surface area contributed by atoms with Gasteiger partial charge in [-0.05, 0) is 12.5 Å². The number of non-ortho nitro benzene ring substituents is 1. The molecule has 0 spiro atoms. The second kappa shape index (κ2) is 5.72. The van der Waals surface area contributed by atoms with Gasteiger partial charge in [-0.15, -0.1) is 0 Å². The normalized spacial score (nSPS) is 11.4. The third-order valence-electron chi connectivity index (χ3n) is 2.22. The van der Waals surface area contributed by atoms with Crippen LogP contribution >= 0.6 is 0 Å². The number of nitrogens with one attached hydrogen (secondary N) is 1. The van der Waals surface area contributed by atoms with Gasteiger partial charge in [0.2, 0.25) is 0 Å². The first-order valence-electron chi connectivity index (χ1n) is 5.13. The number of carbonyl (C=O) groups excluding carboxylic acids is 1. The minimum atomic E-state index is -0.876. The number of hydrogen-bond donors (Lipinski definition) is 1. The summed E-state index contributed by atoms with van der Waals surface area (Å²) in [6.07, 6.45) is 0.389. The molecule has 0 saturated heterocycles. The van der Waals surface area contributed by atoms with Gasteiger partial charge in [0.25, 0.3) is 11.6 Å². The molecule has 94 valence electrons. The summed E-state index contributed by atoms with van der Waals surface area (Å²) in [6, 6.07) is 3.70. The minimum absolute atomic E-state index is 0.185. The van der Waals surface area contributed by atoms with Gasteiger partial charge in [-0.1, -0.05) is 6.92 Å². The number of halogens is 1. The molecule has 1 amide bonds. The zero-order valence-electron chi connectivity index (χ0n) is 9.51. The van der Waals surface area contributed by atoms with Crippen molar-refractivity contribution in [3.8, 4) is 6.07 Å². The maximum atomic E-state index is 13.1. The molecule has 1 aromatic rings. The molecule has 1 atom stereocenters. The third-order valence-corrected chi connectivity index (χ3v) is 2.22. The summed E-state index contributed by atoms with van der Waals surface area (Å²) >= 11 is 0. The van der Waals surface area contributed by atoms with E-state index in [4.69, 9.17) is 5.26 Å². The number of hydrogen-bond acceptors (Lipinski definition) is 4. The lowest BCUT2D eigenvalue weighted by Gasteiger charge is -2.08. The van der Waals surface area contributed by atoms with Gasteiger partial charge in [0, 0.05) is 11.6 Å². The molecular formula is C11H10FN3O3. The number of nitrogens with zero attached hydrogens (tertiary/aromatic N) is 2. The summed E-state index contributed by atoms with van der Waals surface area (Å²) in [5.74, 6) is -1.59. The molecule has 0 aliphatic rings. The van der Waals surface area contributed by atoms with Crippen molar-refractivity contribution in [3.05, 3.63) is 39.7 Å². The Kier molecular flexibility index (Phi) is 4.32. The highest BCUT2D eigenvalue weighted by atomic mass is 19.1. The molecule has 0 bridgehead atoms. The van der Waals surface area contributed by atoms with Crippen LogP contribution < -0.4 is 5.32 Å². The minimum Gasteiger partial charge on any atom is -0.336 e. The first kappa shape index (κ1) is 13.6. The lowest BCUT2D eigenvalue weighted by molar-refractivity contribution is -0.385. The van der Waals surface area contributed by atoms with Crippen molar-refractivity contribution in [2.24, 2.45) is 0 Å². The van der Waals surface area contributed by atoms with Crippen LogP contribution in [0.3, 0.4) is 0 Å². The molecule has 1 N–H and O–H groups in total. The zero-order chi connectivity index (χ0) is 13.7. The van der Waals surface area contributed by atoms with Crippen molar-refractivity contribution >= 4 is 11.6 Å². The quantitative estimate of drug-likeness (QED) is 0.651. The molecule has 1 unspecified atom stereocenters. The monoisotopic (exact) mass is 251 g/mol. The van der Waals surface area contributed by atoms with E-state index in [0.717, 1.165) is 18.2 Å². The Morgan fingerprint density at radius 3 is 2.78 bits per heavy atom. The van der Waals surface area contributed by atoms with Crippen LogP contribution in [-0.2, 0) is 0 Å². The first-order chi connectivity index (χ1) is 8.47. The van der Waals surface area contributed by atoms with Gasteiger partial charge in [0.05, 0.1) is 17.1 Å². The Labute approximate surface area is 102 Å². The van der Waals surface area contributed by atoms with Crippen LogP contribution in [0.15, 0.2) is 18.2 Å². The van der Waals surface area contributed by atoms with Crippen molar-refractivity contribution in [1.29, 1.82) is 5.26 Å². The fourth-order valence-corrected chi connectivity index (χ4v) is 1.28. The fraction of sp³-hybridized carbons (Fsp3) is 0.273. The van der Waals surface area contributed by atoms with Crippen molar-refractivity contribution in [2.75, 3.05) is 0 Å². The first-order valence-corrected chi connectivity index (χ1v) is 5.13. The second-order valence-corrected chi connectivity index (χ2v) is 3.52. The Morgan fingerprint density at radius 1 is 1.61 bits per heavy atom. The summed E-state index contributed by atoms with van der Waals surface area (Å²) in [6.45, 7) is 1.70. The molecule has 0 saturated carbocycles. The van der Waals surface area contributed by atoms with Gasteiger partial charge >= 0.3 is 0 Å². The molecule has 0 radical (unpaired) electrons. The van der Waals surface area contributed by atoms with Crippen molar-refractivity contribution in [3.63, 3.8) is 0 Å². The number of benzene rings is 1. The molecule has 0 heterocycles. The van der Waals surface area contributed by atoms with Crippen LogP contribution in [0.2, 0.25) is 0 Å². The van der Waals surface area contributed by atoms with E-state index in [2.05, 4.69) is 5.32 Å². The van der Waals surface area contributed by atoms with Gasteiger partial charge in [0.15, 0.2) is 0 Å². The fourth-order valence-electron chi connectivity index (χ4n) is 1.28. The summed E-state index contributed by atoms with van der Waals surface area (Å²) in [7, 11) is 0. The summed E-state index contributed by atoms with van der Waals surface area (Å²) in [5, 5.41) is 21.5. The van der Waals surface area contributed by atoms with Crippen LogP contribution in [0.25, 0.3) is 0 Å². The number of nitro groups is 1. The van der Waals surface area contributed by atoms with E-state index in [1.165, 1.54) is 0 Å². The SMILES string of the molecule is CCC(C#N)NC(=O)c1cc(F)cc([N+](=O)[O-])c1. The zero-order valence-corrected chi connectivity index (χ0v) is 9.51. The Balaban J connectivity index is 2.99. The van der Waals surface area contributed by atoms with Crippen LogP contribution in [0, 0.1) is 27.3 Å². The number of nitro benzene ring substituents is 1. The van der Waals surface area contributed by atoms with Crippen LogP contribution in [0.1, 0.15) is 23.7 Å². The summed E-state index contributed by atoms with van der Waals surface area (Å²) in [5.41, 5.74) is -0.694. The predicted octanol–water partition coefficient (Wildman–Crippen LogP) is 1.77. The highest BCUT2D eigenvalue weighted by molar-refractivity contribution is 5.95. The molecule has 7 heteroatoms. The number of rotatable bonds is 4. The van der Waals surface area contributed by atoms with Crippen molar-refractivity contribution in [1.82, 2.24) is 5.32 Å². The Hall–Kier alpha value is -2.49. The molecule has 1 aromatic carbocycles. The molecular weight excluding hydrogens is 241 g/mol. The molecule has 6 nitrogen and oxygen atoms in total. The van der Waals surface area contributed by atoms with Crippen LogP contribution in [-0.4, -0.2) is 16.9 Å². The highest BCUT2D eigenvalue weighted by Gasteiger charge is 2.16. The predicted molar refractivity (Wildman–Crippen MR) is 60.2 cm³/mol. The number of nitriles is 1. The standard InChI is InChI=1S/C11H10FN3O3/c1-2-9(6-13)14-11(16)7-3-8(12)5-10(4-7)15(17)18/h3-5,9H,2H2,1H3,(H,14,16). The lowest BCUT2D eigenvalue weighted by atomic mass is 10.1. The van der Waals surface area contributed by atoms with E-state index in [9.17, 15) is 19.3 Å². The smallest absolute Gasteiger partial charge is 0.273 e. The summed E-state index contributed by atoms with van der Waals surface area (Å²) in [4.78, 5) is 21.4.